The van der Waals surface area contributed by atoms with Gasteiger partial charge in [0.25, 0.3) is 0 Å². The van der Waals surface area contributed by atoms with Crippen molar-refractivity contribution < 1.29 is 17.7 Å². The number of carbonyl (C=O) groups excluding carboxylic acids is 1. The molecule has 0 saturated heterocycles. The molecule has 27 heavy (non-hydrogen) atoms. The number of amides is 1. The zero-order valence-electron chi connectivity index (χ0n) is 15.4. The molecule has 2 aromatic rings. The first-order chi connectivity index (χ1) is 12.7. The van der Waals surface area contributed by atoms with E-state index < -0.39 is 16.1 Å². The molecule has 1 aromatic carbocycles. The van der Waals surface area contributed by atoms with Gasteiger partial charge in [-0.3, -0.25) is 4.79 Å². The van der Waals surface area contributed by atoms with Crippen LogP contribution in [0, 0.1) is 12.8 Å². The minimum atomic E-state index is -3.80. The Hall–Kier alpha value is -1.78. The van der Waals surface area contributed by atoms with E-state index in [0.717, 1.165) is 4.47 Å². The van der Waals surface area contributed by atoms with Crippen molar-refractivity contribution in [2.45, 2.75) is 44.6 Å². The number of nitrogens with zero attached hydrogens (tertiary/aromatic N) is 2. The van der Waals surface area contributed by atoms with E-state index >= 15 is 0 Å². The van der Waals surface area contributed by atoms with E-state index in [1.807, 2.05) is 0 Å². The summed E-state index contributed by atoms with van der Waals surface area (Å²) in [6, 6.07) is 5.36. The molecule has 0 spiro atoms. The Morgan fingerprint density at radius 1 is 1.26 bits per heavy atom. The van der Waals surface area contributed by atoms with Gasteiger partial charge in [-0.2, -0.15) is 9.71 Å². The highest BCUT2D eigenvalue weighted by Gasteiger charge is 2.28. The lowest BCUT2D eigenvalue weighted by Crippen LogP contribution is -2.49. The molecule has 0 unspecified atom stereocenters. The van der Waals surface area contributed by atoms with Gasteiger partial charge in [-0.05, 0) is 43.5 Å². The number of sulfonamides is 1. The van der Waals surface area contributed by atoms with Gasteiger partial charge in [0.2, 0.25) is 21.8 Å². The Morgan fingerprint density at radius 2 is 1.93 bits per heavy atom. The van der Waals surface area contributed by atoms with Crippen LogP contribution >= 0.6 is 15.9 Å². The van der Waals surface area contributed by atoms with Crippen LogP contribution in [0.3, 0.4) is 0 Å². The van der Waals surface area contributed by atoms with E-state index in [2.05, 4.69) is 36.1 Å². The summed E-state index contributed by atoms with van der Waals surface area (Å²) < 4.78 is 33.4. The van der Waals surface area contributed by atoms with Crippen molar-refractivity contribution in [3.05, 3.63) is 40.5 Å². The highest BCUT2D eigenvalue weighted by molar-refractivity contribution is 9.10. The summed E-state index contributed by atoms with van der Waals surface area (Å²) in [4.78, 5) is 16.7. The summed E-state index contributed by atoms with van der Waals surface area (Å²) in [5, 5.41) is 6.46. The summed E-state index contributed by atoms with van der Waals surface area (Å²) in [5.74, 6) is 0.496. The van der Waals surface area contributed by atoms with Gasteiger partial charge >= 0.3 is 0 Å². The third-order valence-electron chi connectivity index (χ3n) is 3.79. The summed E-state index contributed by atoms with van der Waals surface area (Å²) in [6.07, 6.45) is 1.15. The van der Waals surface area contributed by atoms with Crippen LogP contribution in [0.4, 0.5) is 0 Å². The highest BCUT2D eigenvalue weighted by atomic mass is 79.9. The molecule has 0 bridgehead atoms. The Kier molecular flexibility index (Phi) is 7.51. The Morgan fingerprint density at radius 3 is 2.48 bits per heavy atom. The molecule has 1 atom stereocenters. The molecule has 1 heterocycles. The fourth-order valence-electron chi connectivity index (χ4n) is 2.34. The zero-order valence-corrected chi connectivity index (χ0v) is 17.8. The lowest BCUT2D eigenvalue weighted by Gasteiger charge is -2.21. The third-order valence-corrected chi connectivity index (χ3v) is 5.78. The molecule has 0 radical (unpaired) electrons. The van der Waals surface area contributed by atoms with Crippen molar-refractivity contribution in [3.8, 4) is 0 Å². The van der Waals surface area contributed by atoms with Crippen LogP contribution in [-0.2, 0) is 21.2 Å². The second-order valence-electron chi connectivity index (χ2n) is 6.43. The van der Waals surface area contributed by atoms with Gasteiger partial charge in [-0.1, -0.05) is 34.9 Å². The Bertz CT molecular complexity index is 865. The third kappa shape index (κ3) is 6.40. The first-order valence-electron chi connectivity index (χ1n) is 8.54. The number of carbonyl (C=O) groups is 1. The summed E-state index contributed by atoms with van der Waals surface area (Å²) in [7, 11) is -3.80. The number of hydrogen-bond acceptors (Lipinski definition) is 6. The molecule has 2 N–H and O–H groups in total. The maximum absolute atomic E-state index is 12.5. The average molecular weight is 459 g/mol. The van der Waals surface area contributed by atoms with Crippen molar-refractivity contribution in [1.82, 2.24) is 20.2 Å². The van der Waals surface area contributed by atoms with Gasteiger partial charge in [0.05, 0.1) is 4.90 Å². The van der Waals surface area contributed by atoms with Gasteiger partial charge in [0.15, 0.2) is 5.82 Å². The van der Waals surface area contributed by atoms with Crippen LogP contribution in [0.5, 0.6) is 0 Å². The predicted octanol–water partition coefficient (Wildman–Crippen LogP) is 2.19. The molecule has 0 fully saturated rings. The number of aromatic nitrogens is 2. The second-order valence-corrected chi connectivity index (χ2v) is 9.06. The number of nitrogens with one attached hydrogen (secondary N) is 2. The summed E-state index contributed by atoms with van der Waals surface area (Å²) in [6.45, 7) is 5.69. The number of benzene rings is 1. The van der Waals surface area contributed by atoms with Crippen LogP contribution in [0.15, 0.2) is 38.2 Å². The lowest BCUT2D eigenvalue weighted by atomic mass is 10.1. The van der Waals surface area contributed by atoms with Crippen molar-refractivity contribution in [2.75, 3.05) is 6.54 Å². The van der Waals surface area contributed by atoms with E-state index in [1.54, 1.807) is 32.9 Å². The van der Waals surface area contributed by atoms with Crippen molar-refractivity contribution >= 4 is 31.9 Å². The number of aryl methyl sites for hydroxylation is 2. The van der Waals surface area contributed by atoms with Gasteiger partial charge in [-0.15, -0.1) is 0 Å². The molecular formula is C17H23BrN4O4S. The predicted molar refractivity (Wildman–Crippen MR) is 103 cm³/mol. The van der Waals surface area contributed by atoms with Crippen molar-refractivity contribution in [3.63, 3.8) is 0 Å². The van der Waals surface area contributed by atoms with Gasteiger partial charge < -0.3 is 9.84 Å². The van der Waals surface area contributed by atoms with Crippen LogP contribution in [0.25, 0.3) is 0 Å². The highest BCUT2D eigenvalue weighted by Crippen LogP contribution is 2.16. The van der Waals surface area contributed by atoms with E-state index in [1.165, 1.54) is 12.1 Å². The number of hydrogen-bond donors (Lipinski definition) is 2. The molecule has 1 aromatic heterocycles. The summed E-state index contributed by atoms with van der Waals surface area (Å²) >= 11 is 3.27. The van der Waals surface area contributed by atoms with E-state index in [4.69, 9.17) is 4.52 Å². The Labute approximate surface area is 167 Å². The van der Waals surface area contributed by atoms with E-state index in [-0.39, 0.29) is 16.7 Å². The molecule has 0 saturated carbocycles. The SMILES string of the molecule is Cc1noc(CCCNC(=O)[C@@H](NS(=O)(=O)c2ccc(Br)cc2)C(C)C)n1. The largest absolute Gasteiger partial charge is 0.355 e. The van der Waals surface area contributed by atoms with Crippen LogP contribution in [0.2, 0.25) is 0 Å². The maximum Gasteiger partial charge on any atom is 0.241 e. The second kappa shape index (κ2) is 9.43. The molecule has 0 aliphatic carbocycles. The fraction of sp³-hybridized carbons (Fsp3) is 0.471. The van der Waals surface area contributed by atoms with Crippen LogP contribution in [-0.4, -0.2) is 37.1 Å². The monoisotopic (exact) mass is 458 g/mol. The Balaban J connectivity index is 1.93. The van der Waals surface area contributed by atoms with Crippen LogP contribution in [0.1, 0.15) is 32.0 Å². The van der Waals surface area contributed by atoms with Crippen molar-refractivity contribution in [1.29, 1.82) is 0 Å². The topological polar surface area (TPSA) is 114 Å². The van der Waals surface area contributed by atoms with Crippen LogP contribution < -0.4 is 10.0 Å². The fourth-order valence-corrected chi connectivity index (χ4v) is 3.95. The number of rotatable bonds is 9. The standard InChI is InChI=1S/C17H23BrN4O4S/c1-11(2)16(22-27(24,25)14-8-6-13(18)7-9-14)17(23)19-10-4-5-15-20-12(3)21-26-15/h6-9,11,16,22H,4-5,10H2,1-3H3,(H,19,23)/t16-/m0/s1. The average Bonchev–Trinajstić information content (AvgIpc) is 3.02. The van der Waals surface area contributed by atoms with E-state index in [0.29, 0.717) is 31.1 Å². The number of halogens is 1. The van der Waals surface area contributed by atoms with Crippen molar-refractivity contribution in [2.24, 2.45) is 5.92 Å². The molecular weight excluding hydrogens is 436 g/mol. The zero-order chi connectivity index (χ0) is 20.0. The van der Waals surface area contributed by atoms with Gasteiger partial charge in [-0.25, -0.2) is 8.42 Å². The first-order valence-corrected chi connectivity index (χ1v) is 10.8. The lowest BCUT2D eigenvalue weighted by molar-refractivity contribution is -0.123. The molecule has 0 aliphatic heterocycles. The normalized spacial score (nSPS) is 12.9. The molecule has 10 heteroatoms. The molecule has 0 aliphatic rings. The first kappa shape index (κ1) is 21.5. The van der Waals surface area contributed by atoms with Gasteiger partial charge in [0, 0.05) is 17.4 Å². The minimum absolute atomic E-state index is 0.107. The minimum Gasteiger partial charge on any atom is -0.355 e. The summed E-state index contributed by atoms with van der Waals surface area (Å²) in [5.41, 5.74) is 0. The van der Waals surface area contributed by atoms with Gasteiger partial charge in [0.1, 0.15) is 6.04 Å². The molecule has 1 amide bonds. The molecule has 8 nitrogen and oxygen atoms in total. The quantitative estimate of drug-likeness (QED) is 0.556. The maximum atomic E-state index is 12.5. The van der Waals surface area contributed by atoms with E-state index in [9.17, 15) is 13.2 Å². The smallest absolute Gasteiger partial charge is 0.241 e. The molecule has 2 rings (SSSR count). The molecule has 148 valence electrons.